The molecule has 1 unspecified atom stereocenters. The van der Waals surface area contributed by atoms with E-state index in [1.165, 1.54) is 0 Å². The van der Waals surface area contributed by atoms with E-state index < -0.39 is 6.10 Å². The summed E-state index contributed by atoms with van der Waals surface area (Å²) >= 11 is 0. The number of hydrogen-bond donors (Lipinski definition) is 1. The van der Waals surface area contributed by atoms with E-state index in [-0.39, 0.29) is 5.43 Å². The van der Waals surface area contributed by atoms with Crippen molar-refractivity contribution in [1.29, 1.82) is 0 Å². The number of fused-ring (bicyclic) bond motifs is 2. The quantitative estimate of drug-likeness (QED) is 0.612. The molecule has 3 rings (SSSR count). The lowest BCUT2D eigenvalue weighted by Crippen LogP contribution is -2.52. The Morgan fingerprint density at radius 3 is 3.00 bits per heavy atom. The minimum atomic E-state index is -0.805. The molecule has 0 bridgehead atoms. The van der Waals surface area contributed by atoms with Crippen molar-refractivity contribution in [1.82, 2.24) is 5.10 Å². The monoisotopic (exact) mass is 220 g/mol. The van der Waals surface area contributed by atoms with Crippen LogP contribution >= 0.6 is 0 Å². The molecule has 0 spiro atoms. The average molecular weight is 220 g/mol. The minimum Gasteiger partial charge on any atom is -0.848 e. The number of aromatic nitrogens is 2. The molecule has 2 heterocycles. The second-order valence-electron chi connectivity index (χ2n) is 4.77. The van der Waals surface area contributed by atoms with Crippen LogP contribution in [0.4, 0.5) is 0 Å². The van der Waals surface area contributed by atoms with E-state index in [0.717, 1.165) is 50.0 Å². The fraction of sp³-hybridized carbons (Fsp3) is 0.667. The molecule has 1 aromatic heterocycles. The van der Waals surface area contributed by atoms with Crippen LogP contribution < -0.4 is 15.2 Å². The van der Waals surface area contributed by atoms with Gasteiger partial charge in [0.25, 0.3) is 11.1 Å². The Kier molecular flexibility index (Phi) is 2.32. The summed E-state index contributed by atoms with van der Waals surface area (Å²) in [5.41, 5.74) is 2.25. The van der Waals surface area contributed by atoms with E-state index >= 15 is 0 Å². The first-order valence-corrected chi connectivity index (χ1v) is 6.11. The van der Waals surface area contributed by atoms with Gasteiger partial charge in [-0.05, 0) is 19.3 Å². The third-order valence-electron chi connectivity index (χ3n) is 3.69. The Hall–Kier alpha value is -1.16. The van der Waals surface area contributed by atoms with Crippen LogP contribution in [0.25, 0.3) is 0 Å². The highest BCUT2D eigenvalue weighted by Crippen LogP contribution is 2.23. The van der Waals surface area contributed by atoms with E-state index in [0.29, 0.717) is 12.0 Å². The molecular formula is C12H16N2O2. The first-order valence-electron chi connectivity index (χ1n) is 6.11. The molecule has 16 heavy (non-hydrogen) atoms. The van der Waals surface area contributed by atoms with Gasteiger partial charge < -0.3 is 5.11 Å². The molecule has 1 aromatic rings. The lowest BCUT2D eigenvalue weighted by atomic mass is 9.92. The standard InChI is InChI=1S/C12H16N2O2/c15-10-6-3-4-8-11(10)12(16)9-5-1-2-7-14(9)13-8/h10H,1-7H2,(H,13,16). The zero-order valence-corrected chi connectivity index (χ0v) is 9.29. The third kappa shape index (κ3) is 1.40. The van der Waals surface area contributed by atoms with Crippen molar-refractivity contribution in [2.75, 3.05) is 0 Å². The Labute approximate surface area is 93.9 Å². The number of H-pyrrole nitrogens is 1. The van der Waals surface area contributed by atoms with Gasteiger partial charge >= 0.3 is 0 Å². The highest BCUT2D eigenvalue weighted by molar-refractivity contribution is 5.24. The molecule has 1 N–H and O–H groups in total. The maximum Gasteiger partial charge on any atom is 0.253 e. The zero-order chi connectivity index (χ0) is 11.1. The van der Waals surface area contributed by atoms with Crippen molar-refractivity contribution >= 4 is 0 Å². The summed E-state index contributed by atoms with van der Waals surface area (Å²) in [4.78, 5) is 12.2. The number of nitrogens with zero attached hydrogens (tertiary/aromatic N) is 1. The van der Waals surface area contributed by atoms with E-state index in [1.54, 1.807) is 0 Å². The van der Waals surface area contributed by atoms with Gasteiger partial charge in [-0.3, -0.25) is 4.79 Å². The highest BCUT2D eigenvalue weighted by atomic mass is 16.3. The van der Waals surface area contributed by atoms with Crippen LogP contribution in [0, 0.1) is 0 Å². The second kappa shape index (κ2) is 3.70. The predicted octanol–water partition coefficient (Wildman–Crippen LogP) is -0.264. The molecule has 0 saturated carbocycles. The van der Waals surface area contributed by atoms with E-state index in [4.69, 9.17) is 0 Å². The normalized spacial score (nSPS) is 23.7. The van der Waals surface area contributed by atoms with E-state index in [1.807, 2.05) is 4.68 Å². The summed E-state index contributed by atoms with van der Waals surface area (Å²) in [5, 5.41) is 15.1. The van der Waals surface area contributed by atoms with Crippen molar-refractivity contribution in [3.8, 4) is 0 Å². The molecule has 0 aromatic carbocycles. The highest BCUT2D eigenvalue weighted by Gasteiger charge is 2.27. The van der Waals surface area contributed by atoms with Gasteiger partial charge in [-0.25, -0.2) is 0 Å². The Morgan fingerprint density at radius 2 is 2.12 bits per heavy atom. The zero-order valence-electron chi connectivity index (χ0n) is 9.29. The summed E-state index contributed by atoms with van der Waals surface area (Å²) in [6.45, 7) is 0.890. The molecular weight excluding hydrogens is 204 g/mol. The summed E-state index contributed by atoms with van der Waals surface area (Å²) in [6, 6.07) is 0. The fourth-order valence-corrected chi connectivity index (χ4v) is 2.85. The van der Waals surface area contributed by atoms with Gasteiger partial charge in [0.1, 0.15) is 0 Å². The summed E-state index contributed by atoms with van der Waals surface area (Å²) in [5.74, 6) is 0. The average Bonchev–Trinajstić information content (AvgIpc) is 2.29. The minimum absolute atomic E-state index is 0.0214. The van der Waals surface area contributed by atoms with Gasteiger partial charge in [0.2, 0.25) is 0 Å². The van der Waals surface area contributed by atoms with Gasteiger partial charge in [-0.15, -0.1) is 4.68 Å². The molecule has 1 atom stereocenters. The maximum absolute atomic E-state index is 12.2. The smallest absolute Gasteiger partial charge is 0.253 e. The number of nitrogens with one attached hydrogen (secondary N) is 1. The van der Waals surface area contributed by atoms with Crippen LogP contribution in [0.1, 0.15) is 48.7 Å². The first-order chi connectivity index (χ1) is 7.77. The van der Waals surface area contributed by atoms with Crippen molar-refractivity contribution < 1.29 is 9.79 Å². The molecule has 0 saturated heterocycles. The molecule has 4 heteroatoms. The fourth-order valence-electron chi connectivity index (χ4n) is 2.85. The topological polar surface area (TPSA) is 59.8 Å². The Balaban J connectivity index is 2.22. The van der Waals surface area contributed by atoms with Crippen LogP contribution in [0.15, 0.2) is 4.79 Å². The summed E-state index contributed by atoms with van der Waals surface area (Å²) < 4.78 is 1.96. The lowest BCUT2D eigenvalue weighted by molar-refractivity contribution is -0.766. The molecule has 0 radical (unpaired) electrons. The third-order valence-corrected chi connectivity index (χ3v) is 3.69. The van der Waals surface area contributed by atoms with Crippen LogP contribution in [-0.4, -0.2) is 5.10 Å². The van der Waals surface area contributed by atoms with Crippen molar-refractivity contribution in [3.05, 3.63) is 27.2 Å². The first kappa shape index (κ1) is 10.0. The van der Waals surface area contributed by atoms with Crippen LogP contribution in [0.5, 0.6) is 0 Å². The van der Waals surface area contributed by atoms with E-state index in [9.17, 15) is 9.90 Å². The number of rotatable bonds is 0. The van der Waals surface area contributed by atoms with Crippen molar-refractivity contribution in [3.63, 3.8) is 0 Å². The second-order valence-corrected chi connectivity index (χ2v) is 4.77. The van der Waals surface area contributed by atoms with Gasteiger partial charge in [0.05, 0.1) is 5.69 Å². The molecule has 2 aliphatic rings. The SMILES string of the molecule is O=c1c2c([nH][n+]3c1CCCC3)CCCC2[O-]. The Morgan fingerprint density at radius 1 is 1.25 bits per heavy atom. The van der Waals surface area contributed by atoms with Gasteiger partial charge in [-0.2, -0.15) is 5.10 Å². The number of hydrogen-bond acceptors (Lipinski definition) is 2. The summed E-state index contributed by atoms with van der Waals surface area (Å²) in [6.07, 6.45) is 4.55. The molecule has 1 aliphatic heterocycles. The van der Waals surface area contributed by atoms with Crippen molar-refractivity contribution in [2.45, 2.75) is 51.2 Å². The van der Waals surface area contributed by atoms with Crippen molar-refractivity contribution in [2.24, 2.45) is 0 Å². The maximum atomic E-state index is 12.2. The molecule has 1 aliphatic carbocycles. The van der Waals surface area contributed by atoms with Gasteiger partial charge in [0, 0.05) is 18.4 Å². The number of aryl methyl sites for hydroxylation is 2. The van der Waals surface area contributed by atoms with Gasteiger partial charge in [-0.1, -0.05) is 12.5 Å². The predicted molar refractivity (Wildman–Crippen MR) is 55.9 cm³/mol. The van der Waals surface area contributed by atoms with Crippen LogP contribution in [0.2, 0.25) is 0 Å². The van der Waals surface area contributed by atoms with E-state index in [2.05, 4.69) is 5.10 Å². The molecule has 0 amide bonds. The lowest BCUT2D eigenvalue weighted by Gasteiger charge is -2.28. The molecule has 4 nitrogen and oxygen atoms in total. The number of aromatic amines is 1. The molecule has 86 valence electrons. The molecule has 0 fully saturated rings. The van der Waals surface area contributed by atoms with Crippen LogP contribution in [0.3, 0.4) is 0 Å². The van der Waals surface area contributed by atoms with Gasteiger partial charge in [0.15, 0.2) is 6.54 Å². The largest absolute Gasteiger partial charge is 0.848 e. The summed E-state index contributed by atoms with van der Waals surface area (Å²) in [7, 11) is 0. The Bertz CT molecular complexity index is 479. The van der Waals surface area contributed by atoms with Crippen LogP contribution in [-0.2, 0) is 19.4 Å².